The van der Waals surface area contributed by atoms with Gasteiger partial charge in [-0.2, -0.15) is 0 Å². The van der Waals surface area contributed by atoms with Crippen molar-refractivity contribution >= 4 is 17.9 Å². The summed E-state index contributed by atoms with van der Waals surface area (Å²) in [5, 5.41) is 0. The van der Waals surface area contributed by atoms with Crippen molar-refractivity contribution in [3.63, 3.8) is 0 Å². The maximum Gasteiger partial charge on any atom is 0.306 e. The molecule has 0 aromatic rings. The van der Waals surface area contributed by atoms with E-state index in [-0.39, 0.29) is 19.3 Å². The Bertz CT molecular complexity index is 1030. The van der Waals surface area contributed by atoms with E-state index in [1.54, 1.807) is 0 Å². The summed E-state index contributed by atoms with van der Waals surface area (Å²) in [7, 11) is 0. The summed E-state index contributed by atoms with van der Waals surface area (Å²) < 4.78 is 58.8. The third-order valence-electron chi connectivity index (χ3n) is 11.7. The molecule has 0 aliphatic rings. The smallest absolute Gasteiger partial charge is 0.306 e. The van der Waals surface area contributed by atoms with E-state index in [4.69, 9.17) is 21.1 Å². The van der Waals surface area contributed by atoms with E-state index in [1.165, 1.54) is 167 Å². The van der Waals surface area contributed by atoms with Crippen LogP contribution in [0.3, 0.4) is 0 Å². The Morgan fingerprint density at radius 3 is 0.729 bits per heavy atom. The van der Waals surface area contributed by atoms with Crippen LogP contribution in [0.1, 0.15) is 310 Å². The monoisotopic (exact) mass is 840 g/mol. The lowest BCUT2D eigenvalue weighted by Gasteiger charge is -2.18. The van der Waals surface area contributed by atoms with Crippen molar-refractivity contribution < 1.29 is 35.4 Å². The van der Waals surface area contributed by atoms with Crippen molar-refractivity contribution in [2.75, 3.05) is 13.1 Å². The highest BCUT2D eigenvalue weighted by atomic mass is 16.6. The van der Waals surface area contributed by atoms with Crippen LogP contribution in [0.2, 0.25) is 0 Å². The Morgan fingerprint density at radius 1 is 0.322 bits per heavy atom. The van der Waals surface area contributed by atoms with Gasteiger partial charge in [-0.3, -0.25) is 14.4 Å². The molecule has 0 fully saturated rings. The average Bonchev–Trinajstić information content (AvgIpc) is 3.25. The highest BCUT2D eigenvalue weighted by Gasteiger charge is 2.19. The van der Waals surface area contributed by atoms with Gasteiger partial charge in [0.1, 0.15) is 13.1 Å². The van der Waals surface area contributed by atoms with Crippen molar-refractivity contribution in [1.29, 1.82) is 0 Å². The van der Waals surface area contributed by atoms with Gasteiger partial charge in [-0.15, -0.1) is 0 Å². The van der Waals surface area contributed by atoms with Gasteiger partial charge in [-0.05, 0) is 19.3 Å². The van der Waals surface area contributed by atoms with E-state index < -0.39 is 37.1 Å². The summed E-state index contributed by atoms with van der Waals surface area (Å²) in [6.07, 6.45) is 42.6. The zero-order chi connectivity index (χ0) is 47.5. The zero-order valence-electron chi connectivity index (χ0n) is 44.6. The molecule has 0 saturated heterocycles. The van der Waals surface area contributed by atoms with Crippen molar-refractivity contribution in [3.05, 3.63) is 0 Å². The van der Waals surface area contributed by atoms with Gasteiger partial charge >= 0.3 is 17.9 Å². The van der Waals surface area contributed by atoms with E-state index in [0.29, 0.717) is 19.3 Å². The summed E-state index contributed by atoms with van der Waals surface area (Å²) in [6, 6.07) is 0. The molecule has 0 atom stereocenters. The lowest BCUT2D eigenvalue weighted by atomic mass is 10.0. The highest BCUT2D eigenvalue weighted by molar-refractivity contribution is 5.71. The van der Waals surface area contributed by atoms with Gasteiger partial charge < -0.3 is 14.2 Å². The molecule has 0 bridgehead atoms. The fraction of sp³-hybridized carbons (Fsp3) is 0.943. The van der Waals surface area contributed by atoms with Crippen molar-refractivity contribution in [3.8, 4) is 0 Å². The maximum absolute atomic E-state index is 13.1. The number of hydrogen-bond donors (Lipinski definition) is 0. The topological polar surface area (TPSA) is 78.9 Å². The fourth-order valence-electron chi connectivity index (χ4n) is 7.75. The Labute approximate surface area is 375 Å². The van der Waals surface area contributed by atoms with Crippen LogP contribution in [0, 0.1) is 0 Å². The molecule has 0 aliphatic heterocycles. The molecule has 59 heavy (non-hydrogen) atoms. The molecule has 350 valence electrons. The first-order chi connectivity index (χ1) is 30.9. The van der Waals surface area contributed by atoms with Gasteiger partial charge in [0, 0.05) is 19.3 Å². The Balaban J connectivity index is 4.97. The van der Waals surface area contributed by atoms with E-state index in [9.17, 15) is 14.4 Å². The average molecular weight is 840 g/mol. The molecule has 0 rings (SSSR count). The lowest BCUT2D eigenvalue weighted by molar-refractivity contribution is -0.167. The molecule has 0 N–H and O–H groups in total. The largest absolute Gasteiger partial charge is 0.462 e. The van der Waals surface area contributed by atoms with Gasteiger partial charge in [0.2, 0.25) is 0 Å². The van der Waals surface area contributed by atoms with Gasteiger partial charge in [-0.1, -0.05) is 265 Å². The minimum Gasteiger partial charge on any atom is -0.462 e. The normalized spacial score (nSPS) is 13.3. The van der Waals surface area contributed by atoms with Gasteiger partial charge in [0.25, 0.3) is 0 Å². The van der Waals surface area contributed by atoms with Gasteiger partial charge in [0.05, 0.1) is 6.85 Å². The molecular weight excluding hydrogens is 733 g/mol. The van der Waals surface area contributed by atoms with E-state index in [2.05, 4.69) is 20.8 Å². The van der Waals surface area contributed by atoms with Gasteiger partial charge in [0.15, 0.2) is 6.08 Å². The van der Waals surface area contributed by atoms with Crippen LogP contribution < -0.4 is 0 Å². The number of rotatable bonds is 49. The van der Waals surface area contributed by atoms with Crippen LogP contribution in [0.4, 0.5) is 0 Å². The predicted octanol–water partition coefficient (Wildman–Crippen LogP) is 17.2. The number of carbonyl (C=O) groups is 3. The summed E-state index contributed by atoms with van der Waals surface area (Å²) >= 11 is 0. The molecule has 0 aromatic heterocycles. The summed E-state index contributed by atoms with van der Waals surface area (Å²) in [5.41, 5.74) is 0. The summed E-state index contributed by atoms with van der Waals surface area (Å²) in [6.45, 7) is -0.174. The van der Waals surface area contributed by atoms with Crippen molar-refractivity contribution in [2.45, 2.75) is 309 Å². The third-order valence-corrected chi connectivity index (χ3v) is 11.7. The standard InChI is InChI=1S/C53H102O6/c1-4-7-10-13-16-19-22-25-26-29-32-35-38-41-44-47-53(56)59-50(48-57-51(54)45-42-39-36-33-30-27-23-20-17-14-11-8-5-2)49-58-52(55)46-43-40-37-34-31-28-24-21-18-15-12-9-6-3/h50H,4-49H2,1-3H3/i48D2,49D2,50D. The minimum atomic E-state index is -3.48. The molecular formula is C53H102O6. The summed E-state index contributed by atoms with van der Waals surface area (Å²) in [5.74, 6) is -2.92. The predicted molar refractivity (Wildman–Crippen MR) is 252 cm³/mol. The molecule has 0 heterocycles. The molecule has 0 aliphatic carbocycles. The Morgan fingerprint density at radius 2 is 0.508 bits per heavy atom. The maximum atomic E-state index is 13.1. The third kappa shape index (κ3) is 47.3. The second kappa shape index (κ2) is 49.1. The first-order valence-electron chi connectivity index (χ1n) is 28.5. The minimum absolute atomic E-state index is 0.123. The fourth-order valence-corrected chi connectivity index (χ4v) is 7.75. The molecule has 6 heteroatoms. The molecule has 0 saturated carbocycles. The molecule has 0 radical (unpaired) electrons. The summed E-state index contributed by atoms with van der Waals surface area (Å²) in [4.78, 5) is 38.9. The molecule has 0 unspecified atom stereocenters. The quantitative estimate of drug-likeness (QED) is 0.0345. The van der Waals surface area contributed by atoms with Crippen LogP contribution in [-0.4, -0.2) is 37.1 Å². The number of ether oxygens (including phenoxy) is 3. The Kier molecular flexibility index (Phi) is 40.3. The van der Waals surface area contributed by atoms with E-state index in [1.807, 2.05) is 0 Å². The van der Waals surface area contributed by atoms with E-state index in [0.717, 1.165) is 77.0 Å². The van der Waals surface area contributed by atoms with Crippen LogP contribution in [-0.2, 0) is 28.6 Å². The second-order valence-corrected chi connectivity index (χ2v) is 17.6. The van der Waals surface area contributed by atoms with Gasteiger partial charge in [-0.25, -0.2) is 0 Å². The van der Waals surface area contributed by atoms with Crippen LogP contribution >= 0.6 is 0 Å². The number of hydrogen-bond acceptors (Lipinski definition) is 6. The van der Waals surface area contributed by atoms with Crippen LogP contribution in [0.5, 0.6) is 0 Å². The van der Waals surface area contributed by atoms with Crippen molar-refractivity contribution in [2.24, 2.45) is 0 Å². The number of esters is 3. The van der Waals surface area contributed by atoms with Crippen molar-refractivity contribution in [1.82, 2.24) is 0 Å². The lowest BCUT2D eigenvalue weighted by Crippen LogP contribution is -2.30. The number of carbonyl (C=O) groups excluding carboxylic acids is 3. The first kappa shape index (κ1) is 48.4. The molecule has 0 amide bonds. The zero-order valence-corrected chi connectivity index (χ0v) is 39.6. The SMILES string of the molecule is [2H]C([2H])(OC(=O)CCCCCCCCCCCCCCC)C([2H])(OC(=O)CCCCCCCCCCCCCCCCC)C([2H])([2H])OC(=O)CCCCCCCCCCCCCCC. The van der Waals surface area contributed by atoms with Crippen LogP contribution in [0.15, 0.2) is 0 Å². The molecule has 0 aromatic carbocycles. The first-order valence-corrected chi connectivity index (χ1v) is 26.0. The molecule has 0 spiro atoms. The highest BCUT2D eigenvalue weighted by Crippen LogP contribution is 2.17. The van der Waals surface area contributed by atoms with Crippen LogP contribution in [0.25, 0.3) is 0 Å². The van der Waals surface area contributed by atoms with E-state index >= 15 is 0 Å². The Hall–Kier alpha value is -1.59. The molecule has 6 nitrogen and oxygen atoms in total. The second-order valence-electron chi connectivity index (χ2n) is 17.6. The number of unbranched alkanes of at least 4 members (excludes halogenated alkanes) is 38.